The summed E-state index contributed by atoms with van der Waals surface area (Å²) in [6.45, 7) is 2.00. The second-order valence-electron chi connectivity index (χ2n) is 5.13. The van der Waals surface area contributed by atoms with Crippen molar-refractivity contribution < 1.29 is 9.18 Å². The van der Waals surface area contributed by atoms with Crippen molar-refractivity contribution in [1.29, 1.82) is 0 Å². The van der Waals surface area contributed by atoms with Gasteiger partial charge in [0.05, 0.1) is 5.56 Å². The molecule has 1 aromatic heterocycles. The molecule has 0 spiro atoms. The molecule has 3 rings (SSSR count). The lowest BCUT2D eigenvalue weighted by atomic mass is 10.0. The van der Waals surface area contributed by atoms with Gasteiger partial charge in [-0.15, -0.1) is 0 Å². The number of hydrogen-bond donors (Lipinski definition) is 0. The molecule has 3 aromatic rings. The lowest BCUT2D eigenvalue weighted by Crippen LogP contribution is -2.03. The molecule has 0 amide bonds. The van der Waals surface area contributed by atoms with Crippen LogP contribution in [0.15, 0.2) is 47.1 Å². The molecule has 2 nitrogen and oxygen atoms in total. The molecule has 0 aliphatic rings. The molecule has 0 radical (unpaired) electrons. The van der Waals surface area contributed by atoms with E-state index in [4.69, 9.17) is 0 Å². The van der Waals surface area contributed by atoms with Gasteiger partial charge in [-0.25, -0.2) is 4.39 Å². The Labute approximate surface area is 130 Å². The normalized spacial score (nSPS) is 11.0. The molecule has 0 saturated heterocycles. The average molecular weight is 346 g/mol. The summed E-state index contributed by atoms with van der Waals surface area (Å²) in [5, 5.41) is 0.840. The van der Waals surface area contributed by atoms with Crippen LogP contribution in [0.2, 0.25) is 0 Å². The molecule has 4 heteroatoms. The molecule has 0 N–H and O–H groups in total. The molecule has 0 bridgehead atoms. The van der Waals surface area contributed by atoms with Crippen molar-refractivity contribution in [3.8, 4) is 0 Å². The van der Waals surface area contributed by atoms with Crippen molar-refractivity contribution in [1.82, 2.24) is 4.57 Å². The van der Waals surface area contributed by atoms with Crippen LogP contribution < -0.4 is 0 Å². The highest BCUT2D eigenvalue weighted by atomic mass is 79.9. The molecule has 1 heterocycles. The van der Waals surface area contributed by atoms with Crippen molar-refractivity contribution >= 4 is 32.6 Å². The summed E-state index contributed by atoms with van der Waals surface area (Å²) >= 11 is 3.28. The lowest BCUT2D eigenvalue weighted by Gasteiger charge is -2.03. The lowest BCUT2D eigenvalue weighted by molar-refractivity contribution is 0.103. The summed E-state index contributed by atoms with van der Waals surface area (Å²) in [7, 11) is 1.88. The number of aromatic nitrogens is 1. The molecule has 21 heavy (non-hydrogen) atoms. The number of nitrogens with zero attached hydrogens (tertiary/aromatic N) is 1. The van der Waals surface area contributed by atoms with Crippen LogP contribution >= 0.6 is 15.9 Å². The molecule has 0 atom stereocenters. The molecule has 106 valence electrons. The average Bonchev–Trinajstić information content (AvgIpc) is 2.78. The van der Waals surface area contributed by atoms with E-state index in [0.29, 0.717) is 10.0 Å². The molecule has 0 aliphatic carbocycles. The first-order valence-corrected chi connectivity index (χ1v) is 7.32. The fourth-order valence-corrected chi connectivity index (χ4v) is 2.85. The van der Waals surface area contributed by atoms with E-state index in [0.717, 1.165) is 16.5 Å². The van der Waals surface area contributed by atoms with E-state index in [1.54, 1.807) is 12.3 Å². The van der Waals surface area contributed by atoms with Crippen LogP contribution in [0.4, 0.5) is 4.39 Å². The largest absolute Gasteiger partial charge is 0.350 e. The van der Waals surface area contributed by atoms with Gasteiger partial charge < -0.3 is 4.57 Å². The number of aryl methyl sites for hydroxylation is 2. The number of carbonyl (C=O) groups excluding carboxylic acids is 1. The van der Waals surface area contributed by atoms with Gasteiger partial charge >= 0.3 is 0 Å². The monoisotopic (exact) mass is 345 g/mol. The summed E-state index contributed by atoms with van der Waals surface area (Å²) in [6, 6.07) is 10.3. The van der Waals surface area contributed by atoms with Gasteiger partial charge in [0.1, 0.15) is 5.82 Å². The number of fused-ring (bicyclic) bond motifs is 1. The van der Waals surface area contributed by atoms with Crippen molar-refractivity contribution in [2.45, 2.75) is 6.92 Å². The number of benzene rings is 2. The number of rotatable bonds is 2. The van der Waals surface area contributed by atoms with Crippen LogP contribution in [0.5, 0.6) is 0 Å². The summed E-state index contributed by atoms with van der Waals surface area (Å²) in [5.74, 6) is -0.810. The maximum Gasteiger partial charge on any atom is 0.198 e. The fraction of sp³-hybridized carbons (Fsp3) is 0.118. The van der Waals surface area contributed by atoms with E-state index in [-0.39, 0.29) is 11.3 Å². The SMILES string of the molecule is Cc1ccc2c(C(=O)c3cc(Br)ccc3F)cn(C)c2c1. The Morgan fingerprint density at radius 3 is 2.67 bits per heavy atom. The summed E-state index contributed by atoms with van der Waals surface area (Å²) < 4.78 is 16.5. The highest BCUT2D eigenvalue weighted by Crippen LogP contribution is 2.26. The first-order valence-electron chi connectivity index (χ1n) is 6.53. The molecular formula is C17H13BrFNO. The maximum atomic E-state index is 13.9. The van der Waals surface area contributed by atoms with E-state index in [9.17, 15) is 9.18 Å². The molecule has 0 aliphatic heterocycles. The van der Waals surface area contributed by atoms with Gasteiger partial charge in [-0.2, -0.15) is 0 Å². The van der Waals surface area contributed by atoms with Crippen molar-refractivity contribution in [2.24, 2.45) is 7.05 Å². The van der Waals surface area contributed by atoms with Gasteiger partial charge in [0.2, 0.25) is 0 Å². The van der Waals surface area contributed by atoms with Crippen LogP contribution in [0.3, 0.4) is 0 Å². The Morgan fingerprint density at radius 1 is 1.14 bits per heavy atom. The van der Waals surface area contributed by atoms with Crippen LogP contribution in [0, 0.1) is 12.7 Å². The van der Waals surface area contributed by atoms with E-state index in [2.05, 4.69) is 15.9 Å². The Morgan fingerprint density at radius 2 is 1.90 bits per heavy atom. The number of hydrogen-bond acceptors (Lipinski definition) is 1. The smallest absolute Gasteiger partial charge is 0.198 e. The maximum absolute atomic E-state index is 13.9. The van der Waals surface area contributed by atoms with Gasteiger partial charge in [0.25, 0.3) is 0 Å². The van der Waals surface area contributed by atoms with Crippen LogP contribution in [0.1, 0.15) is 21.5 Å². The Bertz CT molecular complexity index is 867. The van der Waals surface area contributed by atoms with E-state index in [1.165, 1.54) is 12.1 Å². The summed E-state index contributed by atoms with van der Waals surface area (Å²) in [4.78, 5) is 12.7. The van der Waals surface area contributed by atoms with Crippen LogP contribution in [-0.4, -0.2) is 10.4 Å². The molecular weight excluding hydrogens is 333 g/mol. The number of carbonyl (C=O) groups is 1. The Kier molecular flexibility index (Phi) is 3.41. The Balaban J connectivity index is 2.21. The topological polar surface area (TPSA) is 22.0 Å². The van der Waals surface area contributed by atoms with E-state index in [1.807, 2.05) is 36.7 Å². The van der Waals surface area contributed by atoms with E-state index < -0.39 is 5.82 Å². The summed E-state index contributed by atoms with van der Waals surface area (Å²) in [5.41, 5.74) is 2.69. The molecule has 0 fully saturated rings. The van der Waals surface area contributed by atoms with Gasteiger partial charge in [-0.1, -0.05) is 28.1 Å². The van der Waals surface area contributed by atoms with Crippen molar-refractivity contribution in [3.05, 3.63) is 69.6 Å². The predicted molar refractivity (Wildman–Crippen MR) is 85.2 cm³/mol. The second kappa shape index (κ2) is 5.11. The Hall–Kier alpha value is -1.94. The van der Waals surface area contributed by atoms with Crippen LogP contribution in [-0.2, 0) is 7.05 Å². The third-order valence-corrected chi connectivity index (χ3v) is 4.06. The second-order valence-corrected chi connectivity index (χ2v) is 6.04. The fourth-order valence-electron chi connectivity index (χ4n) is 2.49. The minimum Gasteiger partial charge on any atom is -0.350 e. The third kappa shape index (κ3) is 2.40. The first kappa shape index (κ1) is 14.0. The zero-order valence-electron chi connectivity index (χ0n) is 11.7. The third-order valence-electron chi connectivity index (χ3n) is 3.56. The zero-order chi connectivity index (χ0) is 15.1. The predicted octanol–water partition coefficient (Wildman–Crippen LogP) is 4.62. The standard InChI is InChI=1S/C17H13BrFNO/c1-10-3-5-12-14(9-20(2)16(12)7-10)17(21)13-8-11(18)4-6-15(13)19/h3-9H,1-2H3. The number of halogens is 2. The summed E-state index contributed by atoms with van der Waals surface area (Å²) in [6.07, 6.45) is 1.76. The van der Waals surface area contributed by atoms with Crippen molar-refractivity contribution in [3.63, 3.8) is 0 Å². The minimum atomic E-state index is -0.507. The minimum absolute atomic E-state index is 0.0810. The van der Waals surface area contributed by atoms with Crippen molar-refractivity contribution in [2.75, 3.05) is 0 Å². The first-order chi connectivity index (χ1) is 9.97. The quantitative estimate of drug-likeness (QED) is 0.621. The van der Waals surface area contributed by atoms with Gasteiger partial charge in [0.15, 0.2) is 5.78 Å². The molecule has 0 unspecified atom stereocenters. The highest BCUT2D eigenvalue weighted by molar-refractivity contribution is 9.10. The molecule has 0 saturated carbocycles. The number of ketones is 1. The van der Waals surface area contributed by atoms with Gasteiger partial charge in [-0.3, -0.25) is 4.79 Å². The van der Waals surface area contributed by atoms with E-state index >= 15 is 0 Å². The van der Waals surface area contributed by atoms with Gasteiger partial charge in [-0.05, 0) is 36.8 Å². The van der Waals surface area contributed by atoms with Crippen LogP contribution in [0.25, 0.3) is 10.9 Å². The van der Waals surface area contributed by atoms with Gasteiger partial charge in [0, 0.05) is 34.2 Å². The molecule has 2 aromatic carbocycles. The zero-order valence-corrected chi connectivity index (χ0v) is 13.2. The highest BCUT2D eigenvalue weighted by Gasteiger charge is 2.19.